The van der Waals surface area contributed by atoms with E-state index in [4.69, 9.17) is 9.84 Å². The number of urea groups is 1. The molecule has 2 saturated heterocycles. The largest absolute Gasteiger partial charge is 0.444 e. The number of aryl methyl sites for hydroxylation is 1. The maximum Gasteiger partial charge on any atom is 0.410 e. The van der Waals surface area contributed by atoms with Gasteiger partial charge in [0, 0.05) is 40.3 Å². The van der Waals surface area contributed by atoms with Gasteiger partial charge in [-0.2, -0.15) is 5.10 Å². The zero-order chi connectivity index (χ0) is 21.7. The molecule has 2 fully saturated rings. The lowest BCUT2D eigenvalue weighted by molar-refractivity contribution is 0.0240. The number of aromatic nitrogens is 2. The summed E-state index contributed by atoms with van der Waals surface area (Å²) in [4.78, 5) is 32.8. The molecule has 3 amide bonds. The van der Waals surface area contributed by atoms with Gasteiger partial charge in [0.1, 0.15) is 11.3 Å². The van der Waals surface area contributed by atoms with Crippen LogP contribution in [-0.2, 0) is 11.8 Å². The van der Waals surface area contributed by atoms with Gasteiger partial charge in [0.25, 0.3) is 0 Å². The molecular weight excluding hydrogens is 372 g/mol. The second-order valence-corrected chi connectivity index (χ2v) is 9.58. The van der Waals surface area contributed by atoms with Crippen LogP contribution >= 0.6 is 0 Å². The lowest BCUT2D eigenvalue weighted by Gasteiger charge is -2.36. The van der Waals surface area contributed by atoms with Crippen molar-refractivity contribution in [2.75, 3.05) is 49.6 Å². The summed E-state index contributed by atoms with van der Waals surface area (Å²) in [5.74, 6) is 0.799. The summed E-state index contributed by atoms with van der Waals surface area (Å²) in [6.45, 7) is 14.7. The van der Waals surface area contributed by atoms with Crippen molar-refractivity contribution in [3.05, 3.63) is 5.69 Å². The van der Waals surface area contributed by atoms with Crippen molar-refractivity contribution in [1.29, 1.82) is 0 Å². The Morgan fingerprint density at radius 2 is 1.69 bits per heavy atom. The van der Waals surface area contributed by atoms with Crippen LogP contribution in [0.5, 0.6) is 0 Å². The molecule has 3 heterocycles. The van der Waals surface area contributed by atoms with Crippen molar-refractivity contribution in [1.82, 2.24) is 19.6 Å². The highest BCUT2D eigenvalue weighted by Gasteiger charge is 2.44. The summed E-state index contributed by atoms with van der Waals surface area (Å²) in [5, 5.41) is 4.71. The van der Waals surface area contributed by atoms with Gasteiger partial charge in [0.05, 0.1) is 17.8 Å². The topological polar surface area (TPSA) is 74.2 Å². The number of hydrogen-bond donors (Lipinski definition) is 0. The third-order valence-electron chi connectivity index (χ3n) is 5.76. The molecule has 0 aliphatic carbocycles. The van der Waals surface area contributed by atoms with Gasteiger partial charge in [-0.05, 0) is 41.5 Å². The first kappa shape index (κ1) is 21.3. The summed E-state index contributed by atoms with van der Waals surface area (Å²) in [6, 6.07) is -0.0141. The van der Waals surface area contributed by atoms with Crippen molar-refractivity contribution in [2.45, 2.75) is 52.7 Å². The highest BCUT2D eigenvalue weighted by atomic mass is 16.6. The molecule has 1 aromatic rings. The summed E-state index contributed by atoms with van der Waals surface area (Å²) in [5.41, 5.74) is 1.06. The smallest absolute Gasteiger partial charge is 0.410 e. The molecule has 0 atom stereocenters. The van der Waals surface area contributed by atoms with E-state index in [2.05, 4.69) is 18.7 Å². The van der Waals surface area contributed by atoms with Crippen LogP contribution in [0.4, 0.5) is 21.1 Å². The van der Waals surface area contributed by atoms with Crippen molar-refractivity contribution < 1.29 is 14.3 Å². The van der Waals surface area contributed by atoms with E-state index in [0.717, 1.165) is 17.2 Å². The van der Waals surface area contributed by atoms with Crippen LogP contribution in [0.1, 0.15) is 40.3 Å². The summed E-state index contributed by atoms with van der Waals surface area (Å²) in [7, 11) is 3.74. The molecule has 2 aliphatic rings. The fourth-order valence-electron chi connectivity index (χ4n) is 3.71. The van der Waals surface area contributed by atoms with E-state index in [1.807, 2.05) is 51.4 Å². The zero-order valence-electron chi connectivity index (χ0n) is 18.9. The van der Waals surface area contributed by atoms with Crippen molar-refractivity contribution >= 4 is 23.6 Å². The number of amides is 3. The second-order valence-electron chi connectivity index (χ2n) is 9.58. The van der Waals surface area contributed by atoms with Crippen LogP contribution < -0.4 is 9.80 Å². The predicted octanol–water partition coefficient (Wildman–Crippen LogP) is 2.44. The molecule has 9 nitrogen and oxygen atoms in total. The number of piperazine rings is 1. The van der Waals surface area contributed by atoms with E-state index in [-0.39, 0.29) is 17.7 Å². The molecule has 0 radical (unpaired) electrons. The number of likely N-dealkylation sites (N-methyl/N-ethyl adjacent to an activating group) is 1. The van der Waals surface area contributed by atoms with Crippen molar-refractivity contribution in [3.63, 3.8) is 0 Å². The van der Waals surface area contributed by atoms with Gasteiger partial charge < -0.3 is 19.4 Å². The molecule has 1 aromatic heterocycles. The average Bonchev–Trinajstić information content (AvgIpc) is 3.02. The Morgan fingerprint density at radius 1 is 1.10 bits per heavy atom. The Hall–Kier alpha value is -2.45. The number of carbonyl (C=O) groups excluding carboxylic acids is 2. The first-order chi connectivity index (χ1) is 13.3. The number of carbonyl (C=O) groups is 2. The first-order valence-electron chi connectivity index (χ1n) is 10.1. The first-order valence-corrected chi connectivity index (χ1v) is 10.1. The third-order valence-corrected chi connectivity index (χ3v) is 5.76. The van der Waals surface area contributed by atoms with Crippen LogP contribution in [0, 0.1) is 6.92 Å². The van der Waals surface area contributed by atoms with E-state index in [9.17, 15) is 9.59 Å². The lowest BCUT2D eigenvalue weighted by Crippen LogP contribution is -2.50. The van der Waals surface area contributed by atoms with Gasteiger partial charge in [-0.15, -0.1) is 0 Å². The summed E-state index contributed by atoms with van der Waals surface area (Å²) >= 11 is 0. The summed E-state index contributed by atoms with van der Waals surface area (Å²) < 4.78 is 7.31. The number of rotatable bonds is 2. The molecule has 0 bridgehead atoms. The number of ether oxygens (including phenoxy) is 1. The van der Waals surface area contributed by atoms with E-state index >= 15 is 0 Å². The highest BCUT2D eigenvalue weighted by Crippen LogP contribution is 2.38. The Balaban J connectivity index is 1.79. The van der Waals surface area contributed by atoms with Crippen LogP contribution in [0.15, 0.2) is 0 Å². The van der Waals surface area contributed by atoms with Crippen molar-refractivity contribution in [2.24, 2.45) is 7.05 Å². The maximum atomic E-state index is 12.9. The monoisotopic (exact) mass is 406 g/mol. The van der Waals surface area contributed by atoms with Gasteiger partial charge >= 0.3 is 12.1 Å². The molecule has 0 spiro atoms. The van der Waals surface area contributed by atoms with Crippen LogP contribution in [0.2, 0.25) is 0 Å². The molecule has 0 aromatic carbocycles. The third kappa shape index (κ3) is 4.00. The van der Waals surface area contributed by atoms with E-state index < -0.39 is 5.60 Å². The Kier molecular flexibility index (Phi) is 5.21. The van der Waals surface area contributed by atoms with Gasteiger partial charge in [0.2, 0.25) is 0 Å². The SMILES string of the molecule is Cc1c(N2CC(C)(C)N(C)C2=O)c(N2CCN(C(=O)OC(C)(C)C)CC2)nn1C. The van der Waals surface area contributed by atoms with Gasteiger partial charge in [-0.1, -0.05) is 0 Å². The fraction of sp³-hybridized carbons (Fsp3) is 0.750. The Labute approximate surface area is 173 Å². The second kappa shape index (κ2) is 7.11. The molecule has 29 heavy (non-hydrogen) atoms. The van der Waals surface area contributed by atoms with Gasteiger partial charge in [-0.3, -0.25) is 9.58 Å². The normalized spacial score (nSPS) is 19.9. The molecule has 0 saturated carbocycles. The van der Waals surface area contributed by atoms with Gasteiger partial charge in [-0.25, -0.2) is 9.59 Å². The van der Waals surface area contributed by atoms with E-state index in [1.54, 1.807) is 9.80 Å². The molecule has 3 rings (SSSR count). The maximum absolute atomic E-state index is 12.9. The highest BCUT2D eigenvalue weighted by molar-refractivity contribution is 5.98. The van der Waals surface area contributed by atoms with Crippen LogP contribution in [0.25, 0.3) is 0 Å². The van der Waals surface area contributed by atoms with Crippen LogP contribution in [0.3, 0.4) is 0 Å². The van der Waals surface area contributed by atoms with Crippen molar-refractivity contribution in [3.8, 4) is 0 Å². The number of nitrogens with zero attached hydrogens (tertiary/aromatic N) is 6. The quantitative estimate of drug-likeness (QED) is 0.754. The minimum absolute atomic E-state index is 0.0141. The molecule has 2 aliphatic heterocycles. The van der Waals surface area contributed by atoms with E-state index in [0.29, 0.717) is 32.7 Å². The molecule has 162 valence electrons. The van der Waals surface area contributed by atoms with Crippen LogP contribution in [-0.4, -0.2) is 82.6 Å². The molecule has 0 unspecified atom stereocenters. The molecular formula is C20H34N6O3. The standard InChI is InChI=1S/C20H34N6O3/c1-14-15(26-13-20(5,6)22(7)17(26)27)16(21-23(14)8)24-9-11-25(12-10-24)18(28)29-19(2,3)4/h9-13H2,1-8H3. The zero-order valence-corrected chi connectivity index (χ0v) is 18.9. The minimum atomic E-state index is -0.506. The molecule has 9 heteroatoms. The number of anilines is 2. The lowest BCUT2D eigenvalue weighted by atomic mass is 10.1. The number of hydrogen-bond acceptors (Lipinski definition) is 5. The Morgan fingerprint density at radius 3 is 2.17 bits per heavy atom. The fourth-order valence-corrected chi connectivity index (χ4v) is 3.71. The summed E-state index contributed by atoms with van der Waals surface area (Å²) in [6.07, 6.45) is -0.285. The van der Waals surface area contributed by atoms with E-state index in [1.165, 1.54) is 0 Å². The van der Waals surface area contributed by atoms with Gasteiger partial charge in [0.15, 0.2) is 5.82 Å². The molecule has 0 N–H and O–H groups in total. The Bertz CT molecular complexity index is 802. The average molecular weight is 407 g/mol. The predicted molar refractivity (Wildman–Crippen MR) is 113 cm³/mol. The minimum Gasteiger partial charge on any atom is -0.444 e.